The molecule has 0 aromatic heterocycles. The first-order valence-electron chi connectivity index (χ1n) is 14.6. The number of carbonyl (C=O) groups excluding carboxylic acids is 3. The third kappa shape index (κ3) is 8.68. The molecule has 2 aromatic carbocycles. The third-order valence-electron chi connectivity index (χ3n) is 7.32. The summed E-state index contributed by atoms with van der Waals surface area (Å²) in [6.07, 6.45) is 2.54. The van der Waals surface area contributed by atoms with Crippen molar-refractivity contribution in [2.75, 3.05) is 52.5 Å². The molecule has 1 saturated heterocycles. The molecule has 224 valence electrons. The number of benzene rings is 2. The van der Waals surface area contributed by atoms with Gasteiger partial charge in [0.2, 0.25) is 5.91 Å². The summed E-state index contributed by atoms with van der Waals surface area (Å²) in [6.45, 7) is 6.00. The van der Waals surface area contributed by atoms with Gasteiger partial charge in [-0.05, 0) is 74.1 Å². The molecule has 2 aliphatic rings. The fraction of sp³-hybridized carbons (Fsp3) is 0.484. The van der Waals surface area contributed by atoms with Gasteiger partial charge in [0.25, 0.3) is 5.91 Å². The fourth-order valence-electron chi connectivity index (χ4n) is 4.89. The van der Waals surface area contributed by atoms with Crippen LogP contribution in [0.1, 0.15) is 65.6 Å². The highest BCUT2D eigenvalue weighted by atomic mass is 16.6. The van der Waals surface area contributed by atoms with E-state index in [1.807, 2.05) is 13.0 Å². The summed E-state index contributed by atoms with van der Waals surface area (Å²) in [5.74, 6) is 1.12. The predicted octanol–water partition coefficient (Wildman–Crippen LogP) is 2.77. The van der Waals surface area contributed by atoms with E-state index in [-0.39, 0.29) is 31.4 Å². The molecule has 3 N–H and O–H groups in total. The summed E-state index contributed by atoms with van der Waals surface area (Å²) < 4.78 is 11.4. The lowest BCUT2D eigenvalue weighted by molar-refractivity contribution is -0.121. The Morgan fingerprint density at radius 2 is 1.79 bits per heavy atom. The van der Waals surface area contributed by atoms with Gasteiger partial charge in [0, 0.05) is 63.4 Å². The molecule has 11 heteroatoms. The lowest BCUT2D eigenvalue weighted by Gasteiger charge is -2.34. The minimum absolute atomic E-state index is 0.109. The molecule has 1 aliphatic carbocycles. The number of ether oxygens (including phenoxy) is 2. The zero-order valence-corrected chi connectivity index (χ0v) is 24.1. The first-order chi connectivity index (χ1) is 20.4. The van der Waals surface area contributed by atoms with E-state index in [2.05, 4.69) is 27.7 Å². The van der Waals surface area contributed by atoms with Crippen molar-refractivity contribution in [2.24, 2.45) is 0 Å². The quantitative estimate of drug-likeness (QED) is 0.308. The second kappa shape index (κ2) is 15.2. The van der Waals surface area contributed by atoms with Crippen LogP contribution in [0.3, 0.4) is 0 Å². The summed E-state index contributed by atoms with van der Waals surface area (Å²) >= 11 is 0. The van der Waals surface area contributed by atoms with Crippen molar-refractivity contribution in [3.8, 4) is 17.6 Å². The molecular formula is C31H39N5O6. The lowest BCUT2D eigenvalue weighted by atomic mass is 9.99. The average Bonchev–Trinajstić information content (AvgIpc) is 3.85. The van der Waals surface area contributed by atoms with Crippen LogP contribution in [0.5, 0.6) is 11.5 Å². The van der Waals surface area contributed by atoms with Crippen molar-refractivity contribution in [1.82, 2.24) is 20.4 Å². The van der Waals surface area contributed by atoms with Crippen LogP contribution in [0, 0.1) is 11.3 Å². The van der Waals surface area contributed by atoms with Gasteiger partial charge < -0.3 is 30.1 Å². The van der Waals surface area contributed by atoms with Crippen molar-refractivity contribution >= 4 is 17.9 Å². The van der Waals surface area contributed by atoms with E-state index in [0.717, 1.165) is 29.7 Å². The minimum Gasteiger partial charge on any atom is -0.493 e. The van der Waals surface area contributed by atoms with Gasteiger partial charge in [-0.15, -0.1) is 0 Å². The molecule has 0 unspecified atom stereocenters. The molecule has 2 fully saturated rings. The van der Waals surface area contributed by atoms with Gasteiger partial charge in [0.05, 0.1) is 24.8 Å². The minimum atomic E-state index is -0.435. The van der Waals surface area contributed by atoms with E-state index >= 15 is 0 Å². The molecule has 0 bridgehead atoms. The standard InChI is InChI=1S/C31H39N5O6/c1-2-41-28-19-24(20-32)27(22-5-6-22)18-25(28)21-35-13-15-36(16-14-35)31(40)42-26-9-7-23(8-10-26)30(39)34-11-3-4-29(38)33-12-17-37/h7-10,18-19,22,37H,2-6,11-17,21H2,1H3,(H,33,38)(H,34,39). The van der Waals surface area contributed by atoms with Crippen LogP contribution in [0.15, 0.2) is 36.4 Å². The smallest absolute Gasteiger partial charge is 0.415 e. The first kappa shape index (κ1) is 30.8. The van der Waals surface area contributed by atoms with Gasteiger partial charge in [0.1, 0.15) is 11.5 Å². The maximum absolute atomic E-state index is 12.8. The average molecular weight is 578 g/mol. The Balaban J connectivity index is 1.22. The number of aliphatic hydroxyl groups is 1. The molecule has 0 atom stereocenters. The van der Waals surface area contributed by atoms with Gasteiger partial charge in [-0.2, -0.15) is 5.26 Å². The molecule has 11 nitrogen and oxygen atoms in total. The zero-order chi connectivity index (χ0) is 29.9. The van der Waals surface area contributed by atoms with Crippen LogP contribution < -0.4 is 20.1 Å². The van der Waals surface area contributed by atoms with Crippen LogP contribution in [0.2, 0.25) is 0 Å². The molecule has 0 radical (unpaired) electrons. The Hall–Kier alpha value is -4.14. The summed E-state index contributed by atoms with van der Waals surface area (Å²) in [5.41, 5.74) is 3.30. The van der Waals surface area contributed by atoms with Crippen LogP contribution >= 0.6 is 0 Å². The van der Waals surface area contributed by atoms with Crippen LogP contribution in [0.4, 0.5) is 4.79 Å². The monoisotopic (exact) mass is 577 g/mol. The normalized spacial score (nSPS) is 15.0. The number of nitriles is 1. The summed E-state index contributed by atoms with van der Waals surface area (Å²) in [4.78, 5) is 40.6. The number of carbonyl (C=O) groups is 3. The van der Waals surface area contributed by atoms with E-state index in [9.17, 15) is 19.6 Å². The molecule has 2 aromatic rings. The predicted molar refractivity (Wildman–Crippen MR) is 155 cm³/mol. The number of piperazine rings is 1. The third-order valence-corrected chi connectivity index (χ3v) is 7.32. The maximum Gasteiger partial charge on any atom is 0.415 e. The Bertz CT molecular complexity index is 1280. The summed E-state index contributed by atoms with van der Waals surface area (Å²) in [5, 5.41) is 23.6. The molecule has 1 saturated carbocycles. The number of hydrogen-bond donors (Lipinski definition) is 3. The molecule has 3 amide bonds. The van der Waals surface area contributed by atoms with Gasteiger partial charge in [-0.1, -0.05) is 0 Å². The van der Waals surface area contributed by atoms with E-state index in [0.29, 0.717) is 75.1 Å². The van der Waals surface area contributed by atoms with Crippen molar-refractivity contribution < 1.29 is 29.0 Å². The van der Waals surface area contributed by atoms with Gasteiger partial charge >= 0.3 is 6.09 Å². The number of aliphatic hydroxyl groups excluding tert-OH is 1. The van der Waals surface area contributed by atoms with E-state index in [1.165, 1.54) is 0 Å². The lowest BCUT2D eigenvalue weighted by Crippen LogP contribution is -2.49. The maximum atomic E-state index is 12.8. The highest BCUT2D eigenvalue weighted by Crippen LogP contribution is 2.43. The summed E-state index contributed by atoms with van der Waals surface area (Å²) in [6, 6.07) is 12.7. The largest absolute Gasteiger partial charge is 0.493 e. The Kier molecular flexibility index (Phi) is 11.1. The number of hydrogen-bond acceptors (Lipinski definition) is 8. The second-order valence-corrected chi connectivity index (χ2v) is 10.5. The van der Waals surface area contributed by atoms with Crippen LogP contribution in [-0.4, -0.2) is 85.3 Å². The van der Waals surface area contributed by atoms with E-state index < -0.39 is 6.09 Å². The Morgan fingerprint density at radius 3 is 2.43 bits per heavy atom. The topological polar surface area (TPSA) is 144 Å². The van der Waals surface area contributed by atoms with Gasteiger partial charge in [-0.3, -0.25) is 14.5 Å². The molecular weight excluding hydrogens is 538 g/mol. The highest BCUT2D eigenvalue weighted by Gasteiger charge is 2.29. The number of amides is 3. The number of nitrogens with one attached hydrogen (secondary N) is 2. The highest BCUT2D eigenvalue weighted by molar-refractivity contribution is 5.94. The van der Waals surface area contributed by atoms with Crippen molar-refractivity contribution in [3.63, 3.8) is 0 Å². The zero-order valence-electron chi connectivity index (χ0n) is 24.1. The molecule has 1 heterocycles. The fourth-order valence-corrected chi connectivity index (χ4v) is 4.89. The SMILES string of the molecule is CCOc1cc(C#N)c(C2CC2)cc1CN1CCN(C(=O)Oc2ccc(C(=O)NCCCC(=O)NCCO)cc2)CC1. The van der Waals surface area contributed by atoms with Gasteiger partial charge in [0.15, 0.2) is 0 Å². The van der Waals surface area contributed by atoms with Crippen LogP contribution in [0.25, 0.3) is 0 Å². The Morgan fingerprint density at radius 1 is 1.05 bits per heavy atom. The Labute approximate surface area is 246 Å². The van der Waals surface area contributed by atoms with Crippen molar-refractivity contribution in [3.05, 3.63) is 58.7 Å². The van der Waals surface area contributed by atoms with E-state index in [1.54, 1.807) is 29.2 Å². The molecule has 1 aliphatic heterocycles. The van der Waals surface area contributed by atoms with E-state index in [4.69, 9.17) is 14.6 Å². The number of nitrogens with zero attached hydrogens (tertiary/aromatic N) is 3. The molecule has 42 heavy (non-hydrogen) atoms. The number of rotatable bonds is 13. The second-order valence-electron chi connectivity index (χ2n) is 10.5. The molecule has 4 rings (SSSR count). The van der Waals surface area contributed by atoms with Gasteiger partial charge in [-0.25, -0.2) is 4.79 Å². The molecule has 0 spiro atoms. The van der Waals surface area contributed by atoms with Crippen LogP contribution in [-0.2, 0) is 11.3 Å². The van der Waals surface area contributed by atoms with Crippen molar-refractivity contribution in [2.45, 2.75) is 45.1 Å². The van der Waals surface area contributed by atoms with Crippen molar-refractivity contribution in [1.29, 1.82) is 5.26 Å². The first-order valence-corrected chi connectivity index (χ1v) is 14.6. The summed E-state index contributed by atoms with van der Waals surface area (Å²) in [7, 11) is 0.